The van der Waals surface area contributed by atoms with Gasteiger partial charge in [0.05, 0.1) is 11.0 Å². The maximum atomic E-state index is 12.8. The summed E-state index contributed by atoms with van der Waals surface area (Å²) >= 11 is 0. The lowest BCUT2D eigenvalue weighted by Gasteiger charge is -2.13. The third-order valence-electron chi connectivity index (χ3n) is 4.59. The van der Waals surface area contributed by atoms with Gasteiger partial charge in [0, 0.05) is 28.7 Å². The number of imidazole rings is 1. The average Bonchev–Trinajstić information content (AvgIpc) is 3.25. The van der Waals surface area contributed by atoms with E-state index in [1.807, 2.05) is 37.4 Å². The van der Waals surface area contributed by atoms with Gasteiger partial charge in [-0.1, -0.05) is 18.2 Å². The summed E-state index contributed by atoms with van der Waals surface area (Å²) in [5.74, 6) is -1.43. The summed E-state index contributed by atoms with van der Waals surface area (Å²) < 4.78 is 38.3. The highest BCUT2D eigenvalue weighted by Crippen LogP contribution is 2.28. The molecule has 0 aliphatic carbocycles. The Bertz CT molecular complexity index is 1160. The smallest absolute Gasteiger partial charge is 0.361 e. The number of rotatable bonds is 4. The Hall–Kier alpha value is -3.29. The zero-order valence-electron chi connectivity index (χ0n) is 14.9. The van der Waals surface area contributed by atoms with Crippen molar-refractivity contribution >= 4 is 27.8 Å². The predicted molar refractivity (Wildman–Crippen MR) is 100 cm³/mol. The van der Waals surface area contributed by atoms with E-state index in [9.17, 15) is 18.0 Å². The summed E-state index contributed by atoms with van der Waals surface area (Å²) in [6, 6.07) is 12.0. The van der Waals surface area contributed by atoms with Gasteiger partial charge in [-0.05, 0) is 43.2 Å². The molecule has 2 aromatic heterocycles. The van der Waals surface area contributed by atoms with Gasteiger partial charge in [0.1, 0.15) is 0 Å². The number of benzene rings is 2. The Morgan fingerprint density at radius 3 is 2.75 bits per heavy atom. The Morgan fingerprint density at radius 2 is 1.96 bits per heavy atom. The van der Waals surface area contributed by atoms with E-state index in [0.717, 1.165) is 16.5 Å². The Labute approximate surface area is 158 Å². The molecule has 5 nitrogen and oxygen atoms in total. The van der Waals surface area contributed by atoms with Gasteiger partial charge in [-0.15, -0.1) is 0 Å². The van der Waals surface area contributed by atoms with E-state index in [4.69, 9.17) is 0 Å². The highest BCUT2D eigenvalue weighted by molar-refractivity contribution is 5.97. The van der Waals surface area contributed by atoms with Crippen LogP contribution in [0.5, 0.6) is 0 Å². The minimum atomic E-state index is -4.56. The maximum Gasteiger partial charge on any atom is 0.449 e. The summed E-state index contributed by atoms with van der Waals surface area (Å²) in [5.41, 5.74) is 2.72. The van der Waals surface area contributed by atoms with Gasteiger partial charge in [0.2, 0.25) is 5.82 Å². The second kappa shape index (κ2) is 6.70. The first kappa shape index (κ1) is 18.1. The minimum absolute atomic E-state index is 0.157. The standard InChI is InChI=1S/C20H17F3N4O/c1-11(8-13-10-24-15-5-3-2-4-14(13)15)25-18(28)12-6-7-16-17(9-12)27-19(26-16)20(21,22)23/h2-7,9-11,24H,8H2,1H3,(H,25,28)(H,26,27)/t11-/m1/s1. The van der Waals surface area contributed by atoms with Crippen molar-refractivity contribution in [2.75, 3.05) is 0 Å². The maximum absolute atomic E-state index is 12.8. The number of carbonyl (C=O) groups excluding carboxylic acids is 1. The SMILES string of the molecule is C[C@H](Cc1c[nH]c2ccccc12)NC(=O)c1ccc2nc(C(F)(F)F)[nH]c2c1. The highest BCUT2D eigenvalue weighted by atomic mass is 19.4. The van der Waals surface area contributed by atoms with Crippen LogP contribution in [-0.2, 0) is 12.6 Å². The molecule has 4 aromatic rings. The molecule has 1 atom stereocenters. The summed E-state index contributed by atoms with van der Waals surface area (Å²) in [7, 11) is 0. The number of para-hydroxylation sites is 1. The Balaban J connectivity index is 1.49. The van der Waals surface area contributed by atoms with Crippen molar-refractivity contribution in [2.45, 2.75) is 25.6 Å². The fraction of sp³-hybridized carbons (Fsp3) is 0.200. The zero-order valence-corrected chi connectivity index (χ0v) is 14.9. The molecule has 3 N–H and O–H groups in total. The number of nitrogens with zero attached hydrogens (tertiary/aromatic N) is 1. The lowest BCUT2D eigenvalue weighted by Crippen LogP contribution is -2.34. The van der Waals surface area contributed by atoms with E-state index in [1.165, 1.54) is 18.2 Å². The van der Waals surface area contributed by atoms with Crippen LogP contribution >= 0.6 is 0 Å². The molecule has 0 fully saturated rings. The van der Waals surface area contributed by atoms with Gasteiger partial charge in [-0.3, -0.25) is 4.79 Å². The molecule has 0 unspecified atom stereocenters. The van der Waals surface area contributed by atoms with Crippen LogP contribution in [0.4, 0.5) is 13.2 Å². The monoisotopic (exact) mass is 386 g/mol. The van der Waals surface area contributed by atoms with Crippen LogP contribution in [0.15, 0.2) is 48.7 Å². The van der Waals surface area contributed by atoms with Gasteiger partial charge in [0.25, 0.3) is 5.91 Å². The van der Waals surface area contributed by atoms with Crippen molar-refractivity contribution in [1.82, 2.24) is 20.3 Å². The van der Waals surface area contributed by atoms with Gasteiger partial charge >= 0.3 is 6.18 Å². The first-order valence-corrected chi connectivity index (χ1v) is 8.74. The number of carbonyl (C=O) groups is 1. The quantitative estimate of drug-likeness (QED) is 0.486. The van der Waals surface area contributed by atoms with Crippen molar-refractivity contribution in [3.8, 4) is 0 Å². The topological polar surface area (TPSA) is 73.6 Å². The highest BCUT2D eigenvalue weighted by Gasteiger charge is 2.34. The molecule has 0 aliphatic rings. The first-order chi connectivity index (χ1) is 13.3. The normalized spacial score (nSPS) is 13.1. The molecule has 4 rings (SSSR count). The Morgan fingerprint density at radius 1 is 1.18 bits per heavy atom. The number of H-pyrrole nitrogens is 2. The molecule has 2 aromatic carbocycles. The molecule has 0 aliphatic heterocycles. The number of alkyl halides is 3. The van der Waals surface area contributed by atoms with Crippen LogP contribution in [0.1, 0.15) is 28.7 Å². The van der Waals surface area contributed by atoms with Gasteiger partial charge in [-0.2, -0.15) is 13.2 Å². The summed E-state index contributed by atoms with van der Waals surface area (Å²) in [6.45, 7) is 1.89. The van der Waals surface area contributed by atoms with Gasteiger partial charge in [-0.25, -0.2) is 4.98 Å². The van der Waals surface area contributed by atoms with Gasteiger partial charge < -0.3 is 15.3 Å². The molecular formula is C20H17F3N4O. The molecular weight excluding hydrogens is 369 g/mol. The van der Waals surface area contributed by atoms with Crippen molar-refractivity contribution in [3.63, 3.8) is 0 Å². The van der Waals surface area contributed by atoms with Crippen LogP contribution in [0.25, 0.3) is 21.9 Å². The van der Waals surface area contributed by atoms with Crippen molar-refractivity contribution in [3.05, 3.63) is 65.6 Å². The third kappa shape index (κ3) is 3.45. The fourth-order valence-corrected chi connectivity index (χ4v) is 3.27. The molecule has 2 heterocycles. The lowest BCUT2D eigenvalue weighted by molar-refractivity contribution is -0.144. The van der Waals surface area contributed by atoms with E-state index >= 15 is 0 Å². The molecule has 0 bridgehead atoms. The molecule has 28 heavy (non-hydrogen) atoms. The largest absolute Gasteiger partial charge is 0.449 e. The fourth-order valence-electron chi connectivity index (χ4n) is 3.27. The van der Waals surface area contributed by atoms with E-state index in [2.05, 4.69) is 20.3 Å². The third-order valence-corrected chi connectivity index (χ3v) is 4.59. The number of aromatic nitrogens is 3. The number of hydrogen-bond acceptors (Lipinski definition) is 2. The molecule has 144 valence electrons. The number of aromatic amines is 2. The number of halogens is 3. The van der Waals surface area contributed by atoms with Crippen molar-refractivity contribution < 1.29 is 18.0 Å². The number of hydrogen-bond donors (Lipinski definition) is 3. The molecule has 1 amide bonds. The van der Waals surface area contributed by atoms with Crippen LogP contribution in [0, 0.1) is 0 Å². The van der Waals surface area contributed by atoms with Gasteiger partial charge in [0.15, 0.2) is 0 Å². The summed E-state index contributed by atoms with van der Waals surface area (Å²) in [5, 5.41) is 3.99. The molecule has 8 heteroatoms. The van der Waals surface area contributed by atoms with Crippen molar-refractivity contribution in [1.29, 1.82) is 0 Å². The van der Waals surface area contributed by atoms with E-state index < -0.39 is 12.0 Å². The predicted octanol–water partition coefficient (Wildman–Crippen LogP) is 4.42. The molecule has 0 spiro atoms. The average molecular weight is 386 g/mol. The summed E-state index contributed by atoms with van der Waals surface area (Å²) in [4.78, 5) is 21.4. The van der Waals surface area contributed by atoms with Crippen LogP contribution < -0.4 is 5.32 Å². The molecule has 0 saturated heterocycles. The number of fused-ring (bicyclic) bond motifs is 2. The minimum Gasteiger partial charge on any atom is -0.361 e. The Kier molecular flexibility index (Phi) is 4.33. The van der Waals surface area contributed by atoms with E-state index in [1.54, 1.807) is 0 Å². The first-order valence-electron chi connectivity index (χ1n) is 8.74. The number of amides is 1. The zero-order chi connectivity index (χ0) is 19.9. The van der Waals surface area contributed by atoms with Crippen molar-refractivity contribution in [2.24, 2.45) is 0 Å². The van der Waals surface area contributed by atoms with Crippen LogP contribution in [-0.4, -0.2) is 26.9 Å². The number of nitrogens with one attached hydrogen (secondary N) is 3. The van der Waals surface area contributed by atoms with Crippen LogP contribution in [0.3, 0.4) is 0 Å². The molecule has 0 saturated carbocycles. The van der Waals surface area contributed by atoms with E-state index in [-0.39, 0.29) is 28.5 Å². The lowest BCUT2D eigenvalue weighted by atomic mass is 10.1. The van der Waals surface area contributed by atoms with E-state index in [0.29, 0.717) is 6.42 Å². The summed E-state index contributed by atoms with van der Waals surface area (Å²) in [6.07, 6.45) is -2.02. The molecule has 0 radical (unpaired) electrons. The van der Waals surface area contributed by atoms with Crippen LogP contribution in [0.2, 0.25) is 0 Å². The second-order valence-corrected chi connectivity index (χ2v) is 6.75. The second-order valence-electron chi connectivity index (χ2n) is 6.75.